The lowest BCUT2D eigenvalue weighted by Crippen LogP contribution is -2.20. The van der Waals surface area contributed by atoms with E-state index in [9.17, 15) is 4.79 Å². The van der Waals surface area contributed by atoms with E-state index in [2.05, 4.69) is 5.32 Å². The lowest BCUT2D eigenvalue weighted by molar-refractivity contribution is 0.102. The first-order valence-electron chi connectivity index (χ1n) is 7.52. The van der Waals surface area contributed by atoms with Crippen LogP contribution in [0.25, 0.3) is 0 Å². The molecule has 2 aromatic rings. The maximum absolute atomic E-state index is 12.6. The van der Waals surface area contributed by atoms with Gasteiger partial charge in [-0.15, -0.1) is 0 Å². The number of hydrogen-bond donors (Lipinski definition) is 1. The van der Waals surface area contributed by atoms with E-state index in [0.29, 0.717) is 34.4 Å². The quantitative estimate of drug-likeness (QED) is 0.831. The van der Waals surface area contributed by atoms with Crippen LogP contribution in [-0.4, -0.2) is 45.2 Å². The van der Waals surface area contributed by atoms with E-state index in [0.717, 1.165) is 6.54 Å². The molecule has 2 rings (SSSR count). The summed E-state index contributed by atoms with van der Waals surface area (Å²) < 4.78 is 10.9. The van der Waals surface area contributed by atoms with E-state index in [1.165, 1.54) is 0 Å². The van der Waals surface area contributed by atoms with Crippen molar-refractivity contribution in [3.8, 4) is 11.5 Å². The number of para-hydroxylation sites is 1. The Kier molecular flexibility index (Phi) is 6.46. The molecular weight excluding hydrogens is 328 g/mol. The summed E-state index contributed by atoms with van der Waals surface area (Å²) in [5.74, 6) is 0.867. The van der Waals surface area contributed by atoms with Gasteiger partial charge in [0.1, 0.15) is 18.1 Å². The largest absolute Gasteiger partial charge is 0.497 e. The van der Waals surface area contributed by atoms with E-state index in [1.807, 2.05) is 25.1 Å². The van der Waals surface area contributed by atoms with Crippen molar-refractivity contribution >= 4 is 23.2 Å². The van der Waals surface area contributed by atoms with Gasteiger partial charge in [0.05, 0.1) is 23.4 Å². The Bertz CT molecular complexity index is 704. The number of halogens is 1. The van der Waals surface area contributed by atoms with Gasteiger partial charge in [-0.25, -0.2) is 0 Å². The van der Waals surface area contributed by atoms with Crippen LogP contribution in [-0.2, 0) is 0 Å². The fourth-order valence-electron chi connectivity index (χ4n) is 2.04. The summed E-state index contributed by atoms with van der Waals surface area (Å²) in [4.78, 5) is 14.6. The molecule has 0 saturated carbocycles. The van der Waals surface area contributed by atoms with Gasteiger partial charge in [-0.05, 0) is 38.4 Å². The number of benzene rings is 2. The van der Waals surface area contributed by atoms with Crippen LogP contribution in [0.2, 0.25) is 5.02 Å². The summed E-state index contributed by atoms with van der Waals surface area (Å²) in [6.07, 6.45) is 0. The lowest BCUT2D eigenvalue weighted by Gasteiger charge is -2.14. The Morgan fingerprint density at radius 3 is 2.67 bits per heavy atom. The Morgan fingerprint density at radius 1 is 1.21 bits per heavy atom. The van der Waals surface area contributed by atoms with Crippen molar-refractivity contribution in [1.29, 1.82) is 0 Å². The molecule has 2 aromatic carbocycles. The number of amides is 1. The normalized spacial score (nSPS) is 10.5. The monoisotopic (exact) mass is 348 g/mol. The molecule has 0 heterocycles. The zero-order valence-electron chi connectivity index (χ0n) is 14.0. The Hall–Kier alpha value is -2.24. The minimum atomic E-state index is -0.286. The third-order valence-electron chi connectivity index (χ3n) is 3.35. The number of hydrogen-bond acceptors (Lipinski definition) is 4. The molecule has 0 unspecified atom stereocenters. The predicted octanol–water partition coefficient (Wildman–Crippen LogP) is 3.54. The number of nitrogens with one attached hydrogen (secondary N) is 1. The molecule has 0 aliphatic rings. The first-order chi connectivity index (χ1) is 11.5. The van der Waals surface area contributed by atoms with Gasteiger partial charge in [0.2, 0.25) is 0 Å². The number of nitrogens with zero attached hydrogens (tertiary/aromatic N) is 1. The van der Waals surface area contributed by atoms with Crippen molar-refractivity contribution < 1.29 is 14.3 Å². The van der Waals surface area contributed by atoms with Crippen LogP contribution >= 0.6 is 11.6 Å². The van der Waals surface area contributed by atoms with Crippen LogP contribution in [0.5, 0.6) is 11.5 Å². The molecule has 0 bridgehead atoms. The first-order valence-corrected chi connectivity index (χ1v) is 7.90. The Labute approximate surface area is 147 Å². The second kappa shape index (κ2) is 8.57. The molecule has 6 heteroatoms. The van der Waals surface area contributed by atoms with E-state index in [4.69, 9.17) is 21.1 Å². The van der Waals surface area contributed by atoms with Crippen molar-refractivity contribution in [2.45, 2.75) is 0 Å². The number of carbonyl (C=O) groups is 1. The summed E-state index contributed by atoms with van der Waals surface area (Å²) in [5.41, 5.74) is 0.944. The predicted molar refractivity (Wildman–Crippen MR) is 96.4 cm³/mol. The van der Waals surface area contributed by atoms with Crippen molar-refractivity contribution in [2.24, 2.45) is 0 Å². The summed E-state index contributed by atoms with van der Waals surface area (Å²) in [6.45, 7) is 1.26. The smallest absolute Gasteiger partial charge is 0.259 e. The van der Waals surface area contributed by atoms with E-state index in [1.54, 1.807) is 43.5 Å². The highest BCUT2D eigenvalue weighted by Crippen LogP contribution is 2.28. The van der Waals surface area contributed by atoms with Crippen LogP contribution in [0.3, 0.4) is 0 Å². The molecule has 0 spiro atoms. The maximum Gasteiger partial charge on any atom is 0.259 e. The van der Waals surface area contributed by atoms with Crippen LogP contribution in [0.15, 0.2) is 42.5 Å². The van der Waals surface area contributed by atoms with Crippen molar-refractivity contribution in [2.75, 3.05) is 39.7 Å². The highest BCUT2D eigenvalue weighted by atomic mass is 35.5. The molecule has 0 fully saturated rings. The second-order valence-corrected chi connectivity index (χ2v) is 5.85. The van der Waals surface area contributed by atoms with Gasteiger partial charge in [0.15, 0.2) is 0 Å². The van der Waals surface area contributed by atoms with Crippen molar-refractivity contribution in [3.05, 3.63) is 53.1 Å². The molecule has 0 aromatic heterocycles. The molecule has 0 saturated heterocycles. The number of rotatable bonds is 7. The molecule has 0 atom stereocenters. The lowest BCUT2D eigenvalue weighted by atomic mass is 10.2. The third-order valence-corrected chi connectivity index (χ3v) is 3.68. The SMILES string of the molecule is COc1ccc(Cl)c(NC(=O)c2ccccc2OCCN(C)C)c1. The number of carbonyl (C=O) groups excluding carboxylic acids is 1. The number of anilines is 1. The van der Waals surface area contributed by atoms with Gasteiger partial charge in [-0.1, -0.05) is 23.7 Å². The van der Waals surface area contributed by atoms with Crippen LogP contribution in [0, 0.1) is 0 Å². The highest BCUT2D eigenvalue weighted by molar-refractivity contribution is 6.34. The molecule has 128 valence electrons. The van der Waals surface area contributed by atoms with E-state index >= 15 is 0 Å². The fourth-order valence-corrected chi connectivity index (χ4v) is 2.20. The van der Waals surface area contributed by atoms with Crippen molar-refractivity contribution in [3.63, 3.8) is 0 Å². The minimum absolute atomic E-state index is 0.286. The molecule has 5 nitrogen and oxygen atoms in total. The number of likely N-dealkylation sites (N-methyl/N-ethyl adjacent to an activating group) is 1. The van der Waals surface area contributed by atoms with Gasteiger partial charge in [0, 0.05) is 12.6 Å². The zero-order valence-corrected chi connectivity index (χ0v) is 14.8. The zero-order chi connectivity index (χ0) is 17.5. The van der Waals surface area contributed by atoms with Crippen LogP contribution < -0.4 is 14.8 Å². The van der Waals surface area contributed by atoms with Crippen molar-refractivity contribution in [1.82, 2.24) is 4.90 Å². The number of ether oxygens (including phenoxy) is 2. The van der Waals surface area contributed by atoms with Gasteiger partial charge in [-0.3, -0.25) is 4.79 Å². The molecule has 0 aliphatic heterocycles. The van der Waals surface area contributed by atoms with E-state index < -0.39 is 0 Å². The van der Waals surface area contributed by atoms with Gasteiger partial charge < -0.3 is 19.7 Å². The fraction of sp³-hybridized carbons (Fsp3) is 0.278. The highest BCUT2D eigenvalue weighted by Gasteiger charge is 2.14. The van der Waals surface area contributed by atoms with Crippen LogP contribution in [0.1, 0.15) is 10.4 Å². The average molecular weight is 349 g/mol. The summed E-state index contributed by atoms with van der Waals surface area (Å²) in [6, 6.07) is 12.2. The third kappa shape index (κ3) is 4.88. The summed E-state index contributed by atoms with van der Waals surface area (Å²) in [7, 11) is 5.49. The Morgan fingerprint density at radius 2 is 1.96 bits per heavy atom. The van der Waals surface area contributed by atoms with E-state index in [-0.39, 0.29) is 5.91 Å². The molecule has 24 heavy (non-hydrogen) atoms. The van der Waals surface area contributed by atoms with Crippen LogP contribution in [0.4, 0.5) is 5.69 Å². The van der Waals surface area contributed by atoms with Gasteiger partial charge in [0.25, 0.3) is 5.91 Å². The standard InChI is InChI=1S/C18H21ClN2O3/c1-21(2)10-11-24-17-7-5-4-6-14(17)18(22)20-16-12-13(23-3)8-9-15(16)19/h4-9,12H,10-11H2,1-3H3,(H,20,22). The molecule has 0 radical (unpaired) electrons. The Balaban J connectivity index is 2.15. The second-order valence-electron chi connectivity index (χ2n) is 5.45. The maximum atomic E-state index is 12.6. The minimum Gasteiger partial charge on any atom is -0.497 e. The molecular formula is C18H21ClN2O3. The molecule has 0 aliphatic carbocycles. The summed E-state index contributed by atoms with van der Waals surface area (Å²) in [5, 5.41) is 3.24. The topological polar surface area (TPSA) is 50.8 Å². The summed E-state index contributed by atoms with van der Waals surface area (Å²) >= 11 is 6.14. The number of methoxy groups -OCH3 is 1. The average Bonchev–Trinajstić information content (AvgIpc) is 2.57. The van der Waals surface area contributed by atoms with Gasteiger partial charge >= 0.3 is 0 Å². The first kappa shape index (κ1) is 18.1. The van der Waals surface area contributed by atoms with Gasteiger partial charge in [-0.2, -0.15) is 0 Å². The molecule has 1 amide bonds. The molecule has 1 N–H and O–H groups in total.